The van der Waals surface area contributed by atoms with Crippen LogP contribution in [0, 0.1) is 0 Å². The third-order valence-corrected chi connectivity index (χ3v) is 5.63. The third-order valence-electron chi connectivity index (χ3n) is 4.34. The van der Waals surface area contributed by atoms with Crippen molar-refractivity contribution in [1.82, 2.24) is 15.5 Å². The quantitative estimate of drug-likeness (QED) is 0.844. The predicted octanol–water partition coefficient (Wildman–Crippen LogP) is 2.29. The molecule has 128 valence electrons. The van der Waals surface area contributed by atoms with Crippen LogP contribution in [0.15, 0.2) is 30.3 Å². The molecule has 0 unspecified atom stereocenters. The number of carbonyl (C=O) groups is 2. The minimum absolute atomic E-state index is 0.0124. The number of carbonyl (C=O) groups excluding carboxylic acids is 2. The van der Waals surface area contributed by atoms with E-state index in [-0.39, 0.29) is 30.9 Å². The fourth-order valence-electron chi connectivity index (χ4n) is 2.88. The van der Waals surface area contributed by atoms with Gasteiger partial charge in [-0.15, -0.1) is 11.3 Å². The minimum Gasteiger partial charge on any atom is -0.346 e. The van der Waals surface area contributed by atoms with Gasteiger partial charge in [0.05, 0.1) is 13.1 Å². The summed E-state index contributed by atoms with van der Waals surface area (Å²) in [5.41, 5.74) is 0. The Bertz CT molecular complexity index is 689. The lowest BCUT2D eigenvalue weighted by molar-refractivity contribution is -0.131. The van der Waals surface area contributed by atoms with Crippen molar-refractivity contribution in [2.45, 2.75) is 25.8 Å². The highest BCUT2D eigenvalue weighted by molar-refractivity contribution is 7.19. The van der Waals surface area contributed by atoms with Crippen LogP contribution in [-0.4, -0.2) is 42.9 Å². The van der Waals surface area contributed by atoms with Crippen LogP contribution in [0.1, 0.15) is 30.7 Å². The lowest BCUT2D eigenvalue weighted by atomic mass is 10.2. The molecule has 0 aliphatic carbocycles. The highest BCUT2D eigenvalue weighted by atomic mass is 32.1. The Balaban J connectivity index is 1.44. The standard InChI is InChI=1S/C18H23N3O2S/c1-13(16-10-14-6-2-3-7-15(14)24-16)19-11-17(22)20-12-18(23)21-8-4-5-9-21/h2-3,6-7,10,13,19H,4-5,8-9,11-12H2,1H3,(H,20,22)/t13-/m0/s1. The summed E-state index contributed by atoms with van der Waals surface area (Å²) in [6.45, 7) is 3.99. The lowest BCUT2D eigenvalue weighted by Crippen LogP contribution is -2.42. The van der Waals surface area contributed by atoms with Gasteiger partial charge in [0.25, 0.3) is 0 Å². The molecule has 2 amide bonds. The molecule has 2 heterocycles. The summed E-state index contributed by atoms with van der Waals surface area (Å²) in [6.07, 6.45) is 2.13. The van der Waals surface area contributed by atoms with Crippen molar-refractivity contribution in [3.63, 3.8) is 0 Å². The molecule has 2 N–H and O–H groups in total. The second-order valence-electron chi connectivity index (χ2n) is 6.15. The molecule has 1 aliphatic rings. The summed E-state index contributed by atoms with van der Waals surface area (Å²) in [5.74, 6) is -0.131. The number of thiophene rings is 1. The molecule has 1 aliphatic heterocycles. The molecule has 1 aromatic heterocycles. The van der Waals surface area contributed by atoms with E-state index in [0.29, 0.717) is 0 Å². The van der Waals surface area contributed by atoms with Crippen LogP contribution in [0.5, 0.6) is 0 Å². The maximum atomic E-state index is 11.9. The highest BCUT2D eigenvalue weighted by Crippen LogP contribution is 2.29. The van der Waals surface area contributed by atoms with Gasteiger partial charge in [-0.05, 0) is 37.3 Å². The van der Waals surface area contributed by atoms with Gasteiger partial charge < -0.3 is 15.5 Å². The molecular weight excluding hydrogens is 322 g/mol. The van der Waals surface area contributed by atoms with E-state index in [1.165, 1.54) is 15.0 Å². The molecule has 0 radical (unpaired) electrons. The zero-order valence-electron chi connectivity index (χ0n) is 13.9. The maximum Gasteiger partial charge on any atom is 0.241 e. The van der Waals surface area contributed by atoms with E-state index in [1.807, 2.05) is 24.0 Å². The summed E-state index contributed by atoms with van der Waals surface area (Å²) in [4.78, 5) is 26.8. The number of amides is 2. The Kier molecular flexibility index (Phi) is 5.48. The average Bonchev–Trinajstić information content (AvgIpc) is 3.26. The maximum absolute atomic E-state index is 11.9. The Morgan fingerprint density at radius 2 is 1.96 bits per heavy atom. The largest absolute Gasteiger partial charge is 0.346 e. The molecule has 24 heavy (non-hydrogen) atoms. The van der Waals surface area contributed by atoms with E-state index in [0.717, 1.165) is 25.9 Å². The van der Waals surface area contributed by atoms with Crippen molar-refractivity contribution >= 4 is 33.2 Å². The van der Waals surface area contributed by atoms with Crippen molar-refractivity contribution < 1.29 is 9.59 Å². The molecule has 2 aromatic rings. The first kappa shape index (κ1) is 16.9. The molecule has 1 atom stereocenters. The smallest absolute Gasteiger partial charge is 0.241 e. The topological polar surface area (TPSA) is 61.4 Å². The minimum atomic E-state index is -0.143. The Hall–Kier alpha value is -1.92. The van der Waals surface area contributed by atoms with Crippen LogP contribution >= 0.6 is 11.3 Å². The number of nitrogens with one attached hydrogen (secondary N) is 2. The highest BCUT2D eigenvalue weighted by Gasteiger charge is 2.18. The predicted molar refractivity (Wildman–Crippen MR) is 97.1 cm³/mol. The number of nitrogens with zero attached hydrogens (tertiary/aromatic N) is 1. The first-order valence-electron chi connectivity index (χ1n) is 8.40. The van der Waals surface area contributed by atoms with Gasteiger partial charge >= 0.3 is 0 Å². The summed E-state index contributed by atoms with van der Waals surface area (Å²) in [7, 11) is 0. The van der Waals surface area contributed by atoms with Crippen molar-refractivity contribution in [1.29, 1.82) is 0 Å². The summed E-state index contributed by atoms with van der Waals surface area (Å²) in [5, 5.41) is 7.16. The van der Waals surface area contributed by atoms with Crippen molar-refractivity contribution in [3.05, 3.63) is 35.2 Å². The van der Waals surface area contributed by atoms with Crippen LogP contribution in [0.3, 0.4) is 0 Å². The van der Waals surface area contributed by atoms with E-state index < -0.39 is 0 Å². The average molecular weight is 345 g/mol. The van der Waals surface area contributed by atoms with Crippen LogP contribution in [0.2, 0.25) is 0 Å². The van der Waals surface area contributed by atoms with Gasteiger partial charge in [0.15, 0.2) is 0 Å². The molecule has 6 heteroatoms. The zero-order valence-corrected chi connectivity index (χ0v) is 14.7. The van der Waals surface area contributed by atoms with Crippen LogP contribution in [0.25, 0.3) is 10.1 Å². The molecular formula is C18H23N3O2S. The van der Waals surface area contributed by atoms with Gasteiger partial charge in [-0.2, -0.15) is 0 Å². The Morgan fingerprint density at radius 1 is 1.21 bits per heavy atom. The molecule has 1 aromatic carbocycles. The van der Waals surface area contributed by atoms with E-state index in [1.54, 1.807) is 11.3 Å². The summed E-state index contributed by atoms with van der Waals surface area (Å²) in [6, 6.07) is 10.5. The van der Waals surface area contributed by atoms with Crippen LogP contribution < -0.4 is 10.6 Å². The van der Waals surface area contributed by atoms with E-state index in [2.05, 4.69) is 28.8 Å². The lowest BCUT2D eigenvalue weighted by Gasteiger charge is -2.16. The molecule has 0 bridgehead atoms. The number of fused-ring (bicyclic) bond motifs is 1. The van der Waals surface area contributed by atoms with Gasteiger partial charge in [0, 0.05) is 28.7 Å². The summed E-state index contributed by atoms with van der Waals surface area (Å²) < 4.78 is 1.25. The Labute approximate surface area is 146 Å². The molecule has 0 spiro atoms. The monoisotopic (exact) mass is 345 g/mol. The van der Waals surface area contributed by atoms with Crippen molar-refractivity contribution in [2.24, 2.45) is 0 Å². The number of hydrogen-bond acceptors (Lipinski definition) is 4. The van der Waals surface area contributed by atoms with E-state index >= 15 is 0 Å². The van der Waals surface area contributed by atoms with Gasteiger partial charge in [0.1, 0.15) is 0 Å². The number of benzene rings is 1. The molecule has 1 saturated heterocycles. The summed E-state index contributed by atoms with van der Waals surface area (Å²) >= 11 is 1.74. The molecule has 5 nitrogen and oxygen atoms in total. The van der Waals surface area contributed by atoms with Gasteiger partial charge in [-0.3, -0.25) is 9.59 Å². The van der Waals surface area contributed by atoms with Crippen molar-refractivity contribution in [2.75, 3.05) is 26.2 Å². The second kappa shape index (κ2) is 7.77. The fraction of sp³-hybridized carbons (Fsp3) is 0.444. The first-order valence-corrected chi connectivity index (χ1v) is 9.21. The SMILES string of the molecule is C[C@H](NCC(=O)NCC(=O)N1CCCC1)c1cc2ccccc2s1. The van der Waals surface area contributed by atoms with E-state index in [9.17, 15) is 9.59 Å². The molecule has 0 saturated carbocycles. The molecule has 1 fully saturated rings. The second-order valence-corrected chi connectivity index (χ2v) is 7.27. The van der Waals surface area contributed by atoms with Gasteiger partial charge in [-0.1, -0.05) is 18.2 Å². The van der Waals surface area contributed by atoms with Crippen LogP contribution in [-0.2, 0) is 9.59 Å². The fourth-order valence-corrected chi connectivity index (χ4v) is 3.97. The number of rotatable bonds is 6. The van der Waals surface area contributed by atoms with Crippen molar-refractivity contribution in [3.8, 4) is 0 Å². The zero-order chi connectivity index (χ0) is 16.9. The normalized spacial score (nSPS) is 15.6. The number of likely N-dealkylation sites (tertiary alicyclic amines) is 1. The van der Waals surface area contributed by atoms with Gasteiger partial charge in [-0.25, -0.2) is 0 Å². The third kappa shape index (κ3) is 4.13. The first-order chi connectivity index (χ1) is 11.6. The number of hydrogen-bond donors (Lipinski definition) is 2. The van der Waals surface area contributed by atoms with Crippen LogP contribution in [0.4, 0.5) is 0 Å². The molecule has 3 rings (SSSR count). The Morgan fingerprint density at radius 3 is 2.71 bits per heavy atom. The van der Waals surface area contributed by atoms with E-state index in [4.69, 9.17) is 0 Å². The van der Waals surface area contributed by atoms with Gasteiger partial charge in [0.2, 0.25) is 11.8 Å².